The van der Waals surface area contributed by atoms with Crippen molar-refractivity contribution in [1.82, 2.24) is 15.0 Å². The minimum atomic E-state index is -5.08. The third kappa shape index (κ3) is 6.55. The number of carbonyl (C=O) groups is 2. The minimum absolute atomic E-state index is 0.0733. The number of carboxylic acid groups (broad SMARTS) is 1. The Kier molecular flexibility index (Phi) is 8.27. The Morgan fingerprint density at radius 2 is 1.84 bits per heavy atom. The number of likely N-dealkylation sites (tertiary alicyclic amines) is 1. The van der Waals surface area contributed by atoms with E-state index in [-0.39, 0.29) is 17.7 Å². The Bertz CT molecular complexity index is 933. The van der Waals surface area contributed by atoms with Crippen LogP contribution < -0.4 is 5.73 Å². The van der Waals surface area contributed by atoms with E-state index < -0.39 is 18.2 Å². The molecule has 1 aromatic heterocycles. The van der Waals surface area contributed by atoms with Crippen LogP contribution in [-0.2, 0) is 9.59 Å². The number of carboxylic acids is 1. The summed E-state index contributed by atoms with van der Waals surface area (Å²) in [6.45, 7) is 3.34. The fraction of sp³-hybridized carbons (Fsp3) is 0.444. The van der Waals surface area contributed by atoms with E-state index in [1.54, 1.807) is 23.1 Å². The van der Waals surface area contributed by atoms with Crippen LogP contribution in [-0.4, -0.2) is 57.3 Å². The first-order valence-corrected chi connectivity index (χ1v) is 9.81. The van der Waals surface area contributed by atoms with Crippen LogP contribution in [0.3, 0.4) is 0 Å². The summed E-state index contributed by atoms with van der Waals surface area (Å²) < 4.78 is 37.0. The van der Waals surface area contributed by atoms with Gasteiger partial charge in [0.2, 0.25) is 5.91 Å². The van der Waals surface area contributed by atoms with Crippen LogP contribution in [0.25, 0.3) is 11.5 Å². The van der Waals surface area contributed by atoms with Crippen LogP contribution in [0, 0.1) is 0 Å². The third-order valence-electron chi connectivity index (χ3n) is 4.49. The normalized spacial score (nSPS) is 15.8. The molecule has 0 radical (unpaired) electrons. The van der Waals surface area contributed by atoms with Gasteiger partial charge in [-0.1, -0.05) is 35.3 Å². The summed E-state index contributed by atoms with van der Waals surface area (Å²) in [5, 5.41) is 12.0. The molecule has 1 amide bonds. The van der Waals surface area contributed by atoms with Gasteiger partial charge in [0.1, 0.15) is 0 Å². The lowest BCUT2D eigenvalue weighted by Gasteiger charge is -2.22. The number of hydrogen-bond acceptors (Lipinski definition) is 6. The highest BCUT2D eigenvalue weighted by molar-refractivity contribution is 6.36. The van der Waals surface area contributed by atoms with Crippen LogP contribution in [0.15, 0.2) is 22.7 Å². The van der Waals surface area contributed by atoms with Gasteiger partial charge in [0, 0.05) is 24.0 Å². The second kappa shape index (κ2) is 10.3. The van der Waals surface area contributed by atoms with Gasteiger partial charge in [-0.3, -0.25) is 4.79 Å². The predicted molar refractivity (Wildman–Crippen MR) is 106 cm³/mol. The van der Waals surface area contributed by atoms with Crippen molar-refractivity contribution >= 4 is 35.1 Å². The van der Waals surface area contributed by atoms with Crippen molar-refractivity contribution < 1.29 is 32.4 Å². The molecule has 13 heteroatoms. The molecule has 2 aromatic rings. The van der Waals surface area contributed by atoms with Crippen molar-refractivity contribution in [3.63, 3.8) is 0 Å². The first kappa shape index (κ1) is 24.9. The van der Waals surface area contributed by atoms with E-state index in [4.69, 9.17) is 43.4 Å². The second-order valence-corrected chi connectivity index (χ2v) is 7.58. The molecule has 1 aliphatic heterocycles. The zero-order valence-electron chi connectivity index (χ0n) is 16.2. The third-order valence-corrected chi connectivity index (χ3v) is 5.04. The molecule has 2 atom stereocenters. The molecule has 0 spiro atoms. The summed E-state index contributed by atoms with van der Waals surface area (Å²) in [7, 11) is 0. The molecular formula is C18H19Cl2F3N4O4. The van der Waals surface area contributed by atoms with E-state index in [1.165, 1.54) is 0 Å². The van der Waals surface area contributed by atoms with E-state index in [9.17, 15) is 18.0 Å². The number of carbonyl (C=O) groups excluding carboxylic acids is 1. The first-order chi connectivity index (χ1) is 14.4. The van der Waals surface area contributed by atoms with Crippen molar-refractivity contribution in [3.8, 4) is 11.5 Å². The molecule has 1 aromatic carbocycles. The standard InChI is InChI=1S/C16H18Cl2N4O2.C2HF3O2/c1-9(13(19)16(23)22-6-2-3-7-22)14-20-15(24-21-14)11-5-4-10(17)8-12(11)18;3-2(4,5)1(6)7/h4-5,8-9,13H,2-3,6-7,19H2,1H3;(H,6,7)/t9-,13-;/m0./s1. The lowest BCUT2D eigenvalue weighted by Crippen LogP contribution is -2.45. The Hall–Kier alpha value is -2.37. The Labute approximate surface area is 185 Å². The van der Waals surface area contributed by atoms with Crippen molar-refractivity contribution in [1.29, 1.82) is 0 Å². The molecular weight excluding hydrogens is 464 g/mol. The van der Waals surface area contributed by atoms with E-state index in [1.807, 2.05) is 6.92 Å². The molecule has 2 heterocycles. The van der Waals surface area contributed by atoms with Gasteiger partial charge < -0.3 is 20.3 Å². The number of benzene rings is 1. The number of hydrogen-bond donors (Lipinski definition) is 2. The maximum atomic E-state index is 12.4. The quantitative estimate of drug-likeness (QED) is 0.680. The van der Waals surface area contributed by atoms with Gasteiger partial charge in [-0.15, -0.1) is 0 Å². The first-order valence-electron chi connectivity index (χ1n) is 9.05. The highest BCUT2D eigenvalue weighted by Crippen LogP contribution is 2.30. The Balaban J connectivity index is 0.000000423. The number of nitrogens with zero attached hydrogens (tertiary/aromatic N) is 3. The van der Waals surface area contributed by atoms with E-state index in [2.05, 4.69) is 10.1 Å². The zero-order chi connectivity index (χ0) is 23.3. The van der Waals surface area contributed by atoms with Gasteiger partial charge >= 0.3 is 12.1 Å². The SMILES string of the molecule is C[C@H](c1noc(-c2ccc(Cl)cc2Cl)n1)[C@H](N)C(=O)N1CCCC1.O=C(O)C(F)(F)F. The van der Waals surface area contributed by atoms with Gasteiger partial charge in [-0.2, -0.15) is 18.2 Å². The predicted octanol–water partition coefficient (Wildman–Crippen LogP) is 3.73. The molecule has 3 rings (SSSR count). The molecule has 0 saturated carbocycles. The topological polar surface area (TPSA) is 123 Å². The molecule has 8 nitrogen and oxygen atoms in total. The van der Waals surface area contributed by atoms with Gasteiger partial charge in [0.25, 0.3) is 5.89 Å². The fourth-order valence-electron chi connectivity index (χ4n) is 2.71. The number of halogens is 5. The van der Waals surface area contributed by atoms with Gasteiger partial charge in [-0.25, -0.2) is 4.79 Å². The largest absolute Gasteiger partial charge is 0.490 e. The Morgan fingerprint density at radius 1 is 1.26 bits per heavy atom. The second-order valence-electron chi connectivity index (χ2n) is 6.73. The average molecular weight is 483 g/mol. The van der Waals surface area contributed by atoms with Crippen LogP contribution >= 0.6 is 23.2 Å². The Morgan fingerprint density at radius 3 is 2.35 bits per heavy atom. The van der Waals surface area contributed by atoms with Crippen LogP contribution in [0.5, 0.6) is 0 Å². The molecule has 3 N–H and O–H groups in total. The van der Waals surface area contributed by atoms with E-state index in [0.717, 1.165) is 25.9 Å². The molecule has 31 heavy (non-hydrogen) atoms. The minimum Gasteiger partial charge on any atom is -0.475 e. The summed E-state index contributed by atoms with van der Waals surface area (Å²) in [5.41, 5.74) is 6.70. The highest BCUT2D eigenvalue weighted by atomic mass is 35.5. The van der Waals surface area contributed by atoms with Crippen LogP contribution in [0.1, 0.15) is 31.5 Å². The number of nitrogens with two attached hydrogens (primary N) is 1. The van der Waals surface area contributed by atoms with E-state index in [0.29, 0.717) is 21.4 Å². The smallest absolute Gasteiger partial charge is 0.475 e. The van der Waals surface area contributed by atoms with Gasteiger partial charge in [-0.05, 0) is 31.0 Å². The molecule has 1 aliphatic rings. The number of aromatic nitrogens is 2. The molecule has 0 aliphatic carbocycles. The highest BCUT2D eigenvalue weighted by Gasteiger charge is 2.38. The van der Waals surface area contributed by atoms with E-state index >= 15 is 0 Å². The number of amides is 1. The van der Waals surface area contributed by atoms with Crippen molar-refractivity contribution in [2.75, 3.05) is 13.1 Å². The lowest BCUT2D eigenvalue weighted by molar-refractivity contribution is -0.192. The molecule has 0 unspecified atom stereocenters. The van der Waals surface area contributed by atoms with Gasteiger partial charge in [0.15, 0.2) is 5.82 Å². The maximum absolute atomic E-state index is 12.4. The molecule has 1 saturated heterocycles. The summed E-state index contributed by atoms with van der Waals surface area (Å²) in [6, 6.07) is 4.31. The van der Waals surface area contributed by atoms with Crippen molar-refractivity contribution in [3.05, 3.63) is 34.1 Å². The number of rotatable bonds is 4. The molecule has 1 fully saturated rings. The number of alkyl halides is 3. The summed E-state index contributed by atoms with van der Waals surface area (Å²) in [5.74, 6) is -2.53. The van der Waals surface area contributed by atoms with Crippen molar-refractivity contribution in [2.24, 2.45) is 5.73 Å². The summed E-state index contributed by atoms with van der Waals surface area (Å²) in [6.07, 6.45) is -3.04. The monoisotopic (exact) mass is 482 g/mol. The number of aliphatic carboxylic acids is 1. The van der Waals surface area contributed by atoms with Gasteiger partial charge in [0.05, 0.1) is 16.6 Å². The average Bonchev–Trinajstić information content (AvgIpc) is 3.38. The lowest BCUT2D eigenvalue weighted by atomic mass is 10.0. The zero-order valence-corrected chi connectivity index (χ0v) is 17.7. The van der Waals surface area contributed by atoms with Crippen molar-refractivity contribution in [2.45, 2.75) is 37.9 Å². The molecule has 0 bridgehead atoms. The summed E-state index contributed by atoms with van der Waals surface area (Å²) in [4.78, 5) is 27.4. The van der Waals surface area contributed by atoms with Crippen LogP contribution in [0.4, 0.5) is 13.2 Å². The molecule has 170 valence electrons. The fourth-order valence-corrected chi connectivity index (χ4v) is 3.20. The van der Waals surface area contributed by atoms with Crippen LogP contribution in [0.2, 0.25) is 10.0 Å². The maximum Gasteiger partial charge on any atom is 0.490 e. The summed E-state index contributed by atoms with van der Waals surface area (Å²) >= 11 is 12.0.